The molecule has 2 N–H and O–H groups in total. The van der Waals surface area contributed by atoms with Crippen molar-refractivity contribution in [2.45, 2.75) is 6.92 Å². The quantitative estimate of drug-likeness (QED) is 0.246. The lowest BCUT2D eigenvalue weighted by atomic mass is 10.1. The van der Waals surface area contributed by atoms with Crippen molar-refractivity contribution in [1.82, 2.24) is 10.3 Å². The van der Waals surface area contributed by atoms with E-state index in [0.717, 1.165) is 21.2 Å². The number of hydrogen-bond donors (Lipinski definition) is 2. The number of oxazole rings is 1. The number of nitrogens with zero attached hydrogens (tertiary/aromatic N) is 1. The number of benzene rings is 3. The molecule has 0 fully saturated rings. The molecule has 1 amide bonds. The smallest absolute Gasteiger partial charge is 0.269 e. The maximum Gasteiger partial charge on any atom is 0.269 e. The van der Waals surface area contributed by atoms with E-state index in [2.05, 4.69) is 15.6 Å². The molecule has 9 heteroatoms. The zero-order valence-electron chi connectivity index (χ0n) is 17.1. The maximum atomic E-state index is 12.7. The molecule has 0 aliphatic rings. The first-order chi connectivity index (χ1) is 15.9. The van der Waals surface area contributed by atoms with Crippen molar-refractivity contribution < 1.29 is 9.21 Å². The van der Waals surface area contributed by atoms with Crippen LogP contribution in [0.1, 0.15) is 15.2 Å². The second-order valence-electron chi connectivity index (χ2n) is 7.36. The lowest BCUT2D eigenvalue weighted by Crippen LogP contribution is -2.33. The average Bonchev–Trinajstić information content (AvgIpc) is 3.34. The predicted octanol–water partition coefficient (Wildman–Crippen LogP) is 7.45. The molecule has 164 valence electrons. The number of rotatable bonds is 3. The van der Waals surface area contributed by atoms with Gasteiger partial charge in [0.2, 0.25) is 5.89 Å². The Morgan fingerprint density at radius 3 is 2.64 bits per heavy atom. The van der Waals surface area contributed by atoms with Crippen LogP contribution in [-0.4, -0.2) is 16.0 Å². The molecule has 0 saturated carbocycles. The number of carbonyl (C=O) groups excluding carboxylic acids is 1. The molecule has 0 unspecified atom stereocenters. The minimum absolute atomic E-state index is 0.146. The third-order valence-electron chi connectivity index (χ3n) is 4.97. The zero-order chi connectivity index (χ0) is 23.1. The van der Waals surface area contributed by atoms with Crippen LogP contribution in [0.2, 0.25) is 10.0 Å². The summed E-state index contributed by atoms with van der Waals surface area (Å²) in [5, 5.41) is 7.56. The third kappa shape index (κ3) is 4.45. The molecular formula is C24H15Cl2N3O2S2. The molecule has 2 heterocycles. The Hall–Kier alpha value is -2.97. The van der Waals surface area contributed by atoms with E-state index in [1.165, 1.54) is 11.3 Å². The summed E-state index contributed by atoms with van der Waals surface area (Å²) in [7, 11) is 0. The van der Waals surface area contributed by atoms with Crippen molar-refractivity contribution in [3.05, 3.63) is 81.1 Å². The second-order valence-corrected chi connectivity index (χ2v) is 9.64. The van der Waals surface area contributed by atoms with E-state index in [1.54, 1.807) is 30.3 Å². The highest BCUT2D eigenvalue weighted by molar-refractivity contribution is 7.80. The van der Waals surface area contributed by atoms with Crippen LogP contribution in [0.15, 0.2) is 65.1 Å². The third-order valence-corrected chi connectivity index (χ3v) is 7.06. The van der Waals surface area contributed by atoms with Crippen LogP contribution in [0.4, 0.5) is 5.69 Å². The monoisotopic (exact) mass is 511 g/mol. The fraction of sp³-hybridized carbons (Fsp3) is 0.0417. The van der Waals surface area contributed by atoms with Gasteiger partial charge in [0.15, 0.2) is 10.7 Å². The number of carbonyl (C=O) groups is 1. The molecule has 0 bridgehead atoms. The molecule has 5 rings (SSSR count). The maximum absolute atomic E-state index is 12.7. The Bertz CT molecular complexity index is 1540. The van der Waals surface area contributed by atoms with Crippen LogP contribution >= 0.6 is 46.8 Å². The van der Waals surface area contributed by atoms with Crippen molar-refractivity contribution in [2.24, 2.45) is 0 Å². The van der Waals surface area contributed by atoms with Gasteiger partial charge in [-0.15, -0.1) is 11.3 Å². The predicted molar refractivity (Wildman–Crippen MR) is 140 cm³/mol. The first-order valence-corrected chi connectivity index (χ1v) is 11.8. The van der Waals surface area contributed by atoms with Gasteiger partial charge in [-0.3, -0.25) is 10.1 Å². The van der Waals surface area contributed by atoms with E-state index >= 15 is 0 Å². The summed E-state index contributed by atoms with van der Waals surface area (Å²) in [6.07, 6.45) is 0. The van der Waals surface area contributed by atoms with Crippen LogP contribution in [0.3, 0.4) is 0 Å². The van der Waals surface area contributed by atoms with Gasteiger partial charge in [-0.1, -0.05) is 47.0 Å². The van der Waals surface area contributed by atoms with Gasteiger partial charge in [-0.05, 0) is 61.6 Å². The number of hydrogen-bond acceptors (Lipinski definition) is 5. The van der Waals surface area contributed by atoms with Crippen LogP contribution < -0.4 is 10.6 Å². The molecule has 3 aromatic carbocycles. The number of aryl methyl sites for hydroxylation is 1. The van der Waals surface area contributed by atoms with Crippen molar-refractivity contribution in [3.8, 4) is 11.5 Å². The highest BCUT2D eigenvalue weighted by Gasteiger charge is 2.18. The lowest BCUT2D eigenvalue weighted by Gasteiger charge is -2.08. The molecule has 5 nitrogen and oxygen atoms in total. The van der Waals surface area contributed by atoms with E-state index in [1.807, 2.05) is 37.3 Å². The summed E-state index contributed by atoms with van der Waals surface area (Å²) in [6, 6.07) is 18.7. The Kier molecular flexibility index (Phi) is 5.80. The highest BCUT2D eigenvalue weighted by atomic mass is 35.5. The molecular weight excluding hydrogens is 497 g/mol. The standard InChI is InChI=1S/C24H15Cl2N3O2S2/c1-12-2-4-13(5-3-12)23-28-17-11-15(7-9-18(17)31-23)27-24(32)29-22(30)21-20(26)16-8-6-14(25)10-19(16)33-21/h2-11H,1H3,(H2,27,29,30,32). The van der Waals surface area contributed by atoms with Crippen molar-refractivity contribution >= 4 is 84.6 Å². The normalized spacial score (nSPS) is 11.1. The van der Waals surface area contributed by atoms with Crippen LogP contribution in [0.5, 0.6) is 0 Å². The first kappa shape index (κ1) is 21.9. The highest BCUT2D eigenvalue weighted by Crippen LogP contribution is 2.36. The summed E-state index contributed by atoms with van der Waals surface area (Å²) in [6.45, 7) is 2.03. The number of nitrogens with one attached hydrogen (secondary N) is 2. The summed E-state index contributed by atoms with van der Waals surface area (Å²) in [4.78, 5) is 17.7. The van der Waals surface area contributed by atoms with E-state index in [9.17, 15) is 4.79 Å². The average molecular weight is 512 g/mol. The topological polar surface area (TPSA) is 67.2 Å². The summed E-state index contributed by atoms with van der Waals surface area (Å²) >= 11 is 19.0. The molecule has 0 radical (unpaired) electrons. The van der Waals surface area contributed by atoms with Crippen LogP contribution in [0.25, 0.3) is 32.6 Å². The number of anilines is 1. The Morgan fingerprint density at radius 2 is 1.85 bits per heavy atom. The number of fused-ring (bicyclic) bond motifs is 2. The summed E-state index contributed by atoms with van der Waals surface area (Å²) < 4.78 is 6.69. The van der Waals surface area contributed by atoms with Gasteiger partial charge < -0.3 is 9.73 Å². The largest absolute Gasteiger partial charge is 0.436 e. The Balaban J connectivity index is 1.32. The van der Waals surface area contributed by atoms with Gasteiger partial charge in [-0.2, -0.15) is 0 Å². The number of thiocarbonyl (C=S) groups is 1. The Morgan fingerprint density at radius 1 is 1.06 bits per heavy atom. The van der Waals surface area contributed by atoms with Gasteiger partial charge in [-0.25, -0.2) is 4.98 Å². The van der Waals surface area contributed by atoms with E-state index in [0.29, 0.717) is 37.6 Å². The molecule has 5 aromatic rings. The minimum atomic E-state index is -0.390. The Labute approximate surface area is 208 Å². The van der Waals surface area contributed by atoms with E-state index in [-0.39, 0.29) is 11.0 Å². The molecule has 2 aromatic heterocycles. The lowest BCUT2D eigenvalue weighted by molar-refractivity contribution is 0.0982. The van der Waals surface area contributed by atoms with Gasteiger partial charge in [0, 0.05) is 26.4 Å². The summed E-state index contributed by atoms with van der Waals surface area (Å²) in [5.74, 6) is 0.150. The molecule has 0 saturated heterocycles. The molecule has 0 spiro atoms. The van der Waals surface area contributed by atoms with Gasteiger partial charge >= 0.3 is 0 Å². The van der Waals surface area contributed by atoms with Crippen molar-refractivity contribution in [1.29, 1.82) is 0 Å². The second kappa shape index (κ2) is 8.76. The fourth-order valence-corrected chi connectivity index (χ4v) is 5.23. The fourth-order valence-electron chi connectivity index (χ4n) is 3.33. The summed E-state index contributed by atoms with van der Waals surface area (Å²) in [5.41, 5.74) is 4.06. The molecule has 33 heavy (non-hydrogen) atoms. The first-order valence-electron chi connectivity index (χ1n) is 9.85. The van der Waals surface area contributed by atoms with Gasteiger partial charge in [0.25, 0.3) is 5.91 Å². The molecule has 0 aliphatic heterocycles. The zero-order valence-corrected chi connectivity index (χ0v) is 20.3. The van der Waals surface area contributed by atoms with Crippen LogP contribution in [0, 0.1) is 6.92 Å². The molecule has 0 atom stereocenters. The number of aromatic nitrogens is 1. The molecule has 0 aliphatic carbocycles. The minimum Gasteiger partial charge on any atom is -0.436 e. The number of thiophene rings is 1. The van der Waals surface area contributed by atoms with Crippen molar-refractivity contribution in [2.75, 3.05) is 5.32 Å². The van der Waals surface area contributed by atoms with Gasteiger partial charge in [0.1, 0.15) is 10.4 Å². The van der Waals surface area contributed by atoms with E-state index < -0.39 is 0 Å². The van der Waals surface area contributed by atoms with Gasteiger partial charge in [0.05, 0.1) is 5.02 Å². The van der Waals surface area contributed by atoms with E-state index in [4.69, 9.17) is 39.8 Å². The van der Waals surface area contributed by atoms with Crippen LogP contribution in [-0.2, 0) is 0 Å². The SMILES string of the molecule is Cc1ccc(-c2nc3cc(NC(=S)NC(=O)c4sc5cc(Cl)ccc5c4Cl)ccc3o2)cc1. The van der Waals surface area contributed by atoms with Crippen molar-refractivity contribution in [3.63, 3.8) is 0 Å². The number of halogens is 2. The number of amides is 1.